The highest BCUT2D eigenvalue weighted by atomic mass is 32.2. The lowest BCUT2D eigenvalue weighted by atomic mass is 10.1. The summed E-state index contributed by atoms with van der Waals surface area (Å²) in [4.78, 5) is 10.8. The third-order valence-corrected chi connectivity index (χ3v) is 3.69. The number of sulfone groups is 1. The summed E-state index contributed by atoms with van der Waals surface area (Å²) < 4.78 is 22.7. The number of rotatable bonds is 4. The first kappa shape index (κ1) is 11.7. The van der Waals surface area contributed by atoms with E-state index in [4.69, 9.17) is 5.11 Å². The molecule has 0 bridgehead atoms. The van der Waals surface area contributed by atoms with Gasteiger partial charge in [0.15, 0.2) is 9.84 Å². The number of carboxylic acids is 1. The van der Waals surface area contributed by atoms with Crippen LogP contribution in [-0.4, -0.2) is 25.2 Å². The van der Waals surface area contributed by atoms with Gasteiger partial charge < -0.3 is 5.11 Å². The highest BCUT2D eigenvalue weighted by Crippen LogP contribution is 2.12. The van der Waals surface area contributed by atoms with Gasteiger partial charge in [0.05, 0.1) is 11.3 Å². The number of carboxylic acid groups (broad SMARTS) is 1. The highest BCUT2D eigenvalue weighted by Gasteiger charge is 2.15. The summed E-state index contributed by atoms with van der Waals surface area (Å²) >= 11 is 0. The second kappa shape index (κ2) is 4.44. The van der Waals surface area contributed by atoms with Gasteiger partial charge in [-0.25, -0.2) is 13.2 Å². The van der Waals surface area contributed by atoms with Gasteiger partial charge in [-0.05, 0) is 11.6 Å². The number of benzene rings is 1. The number of carbonyl (C=O) groups is 1. The summed E-state index contributed by atoms with van der Waals surface area (Å²) in [5, 5.41) is 8.84. The van der Waals surface area contributed by atoms with E-state index in [1.165, 1.54) is 12.1 Å². The van der Waals surface area contributed by atoms with Crippen LogP contribution in [0.3, 0.4) is 0 Å². The molecule has 82 valence electrons. The van der Waals surface area contributed by atoms with Crippen LogP contribution in [0.5, 0.6) is 0 Å². The second-order valence-electron chi connectivity index (χ2n) is 3.14. The lowest BCUT2D eigenvalue weighted by Crippen LogP contribution is -2.10. The van der Waals surface area contributed by atoms with Crippen molar-refractivity contribution in [2.45, 2.75) is 12.7 Å². The predicted molar refractivity (Wildman–Crippen MR) is 56.6 cm³/mol. The number of hydrogen-bond donors (Lipinski definition) is 1. The van der Waals surface area contributed by atoms with Gasteiger partial charge in [0, 0.05) is 5.75 Å². The smallest absolute Gasteiger partial charge is 0.335 e. The third-order valence-electron chi connectivity index (χ3n) is 2.06. The molecule has 0 saturated heterocycles. The summed E-state index contributed by atoms with van der Waals surface area (Å²) in [6.45, 7) is 1.54. The minimum atomic E-state index is -3.19. The number of hydrogen-bond acceptors (Lipinski definition) is 3. The maximum atomic E-state index is 11.4. The molecule has 1 aromatic carbocycles. The topological polar surface area (TPSA) is 71.4 Å². The van der Waals surface area contributed by atoms with Crippen molar-refractivity contribution >= 4 is 15.8 Å². The zero-order valence-corrected chi connectivity index (χ0v) is 9.12. The van der Waals surface area contributed by atoms with E-state index in [0.717, 1.165) is 0 Å². The van der Waals surface area contributed by atoms with Gasteiger partial charge in [-0.2, -0.15) is 0 Å². The van der Waals surface area contributed by atoms with Crippen LogP contribution in [0.25, 0.3) is 0 Å². The Balaban J connectivity index is 3.10. The highest BCUT2D eigenvalue weighted by molar-refractivity contribution is 7.90. The zero-order chi connectivity index (χ0) is 11.5. The molecule has 0 aliphatic carbocycles. The van der Waals surface area contributed by atoms with Crippen molar-refractivity contribution in [2.75, 3.05) is 5.75 Å². The molecule has 0 atom stereocenters. The maximum Gasteiger partial charge on any atom is 0.335 e. The second-order valence-corrected chi connectivity index (χ2v) is 5.49. The Hall–Kier alpha value is -1.36. The fraction of sp³-hybridized carbons (Fsp3) is 0.300. The Morgan fingerprint density at radius 3 is 2.47 bits per heavy atom. The first-order chi connectivity index (χ1) is 6.96. The van der Waals surface area contributed by atoms with Crippen LogP contribution in [0.4, 0.5) is 0 Å². The van der Waals surface area contributed by atoms with Crippen molar-refractivity contribution in [1.29, 1.82) is 0 Å². The van der Waals surface area contributed by atoms with E-state index in [1.807, 2.05) is 0 Å². The Labute approximate surface area is 88.5 Å². The van der Waals surface area contributed by atoms with Crippen molar-refractivity contribution in [3.63, 3.8) is 0 Å². The van der Waals surface area contributed by atoms with Crippen LogP contribution in [-0.2, 0) is 15.6 Å². The van der Waals surface area contributed by atoms with Crippen LogP contribution in [0, 0.1) is 0 Å². The van der Waals surface area contributed by atoms with Gasteiger partial charge in [0.1, 0.15) is 0 Å². The molecule has 1 N–H and O–H groups in total. The zero-order valence-electron chi connectivity index (χ0n) is 8.30. The predicted octanol–water partition coefficient (Wildman–Crippen LogP) is 1.32. The summed E-state index contributed by atoms with van der Waals surface area (Å²) in [5.41, 5.74) is 0.390. The SMILES string of the molecule is CCS(=O)(=O)Cc1ccccc1C(=O)O. The Morgan fingerprint density at radius 2 is 1.93 bits per heavy atom. The lowest BCUT2D eigenvalue weighted by Gasteiger charge is -2.05. The molecular formula is C10H12O4S. The van der Waals surface area contributed by atoms with Gasteiger partial charge in [-0.1, -0.05) is 25.1 Å². The summed E-state index contributed by atoms with van der Waals surface area (Å²) in [7, 11) is -3.19. The van der Waals surface area contributed by atoms with E-state index in [2.05, 4.69) is 0 Å². The Bertz CT molecular complexity index is 462. The molecule has 0 radical (unpaired) electrons. The standard InChI is InChI=1S/C10H12O4S/c1-2-15(13,14)7-8-5-3-4-6-9(8)10(11)12/h3-6H,2,7H2,1H3,(H,11,12). The molecular weight excluding hydrogens is 216 g/mol. The average Bonchev–Trinajstić information content (AvgIpc) is 2.18. The average molecular weight is 228 g/mol. The molecule has 15 heavy (non-hydrogen) atoms. The fourth-order valence-electron chi connectivity index (χ4n) is 1.19. The van der Waals surface area contributed by atoms with Crippen LogP contribution < -0.4 is 0 Å². The minimum absolute atomic E-state index is 0.0148. The van der Waals surface area contributed by atoms with E-state index in [9.17, 15) is 13.2 Å². The minimum Gasteiger partial charge on any atom is -0.478 e. The molecule has 1 aromatic rings. The normalized spacial score (nSPS) is 11.3. The molecule has 1 rings (SSSR count). The first-order valence-electron chi connectivity index (χ1n) is 4.48. The van der Waals surface area contributed by atoms with Crippen molar-refractivity contribution in [1.82, 2.24) is 0 Å². The van der Waals surface area contributed by atoms with Gasteiger partial charge in [-0.15, -0.1) is 0 Å². The van der Waals surface area contributed by atoms with Crippen molar-refractivity contribution in [3.8, 4) is 0 Å². The molecule has 0 saturated carbocycles. The molecule has 5 heteroatoms. The summed E-state index contributed by atoms with van der Waals surface area (Å²) in [6.07, 6.45) is 0. The van der Waals surface area contributed by atoms with Crippen molar-refractivity contribution in [3.05, 3.63) is 35.4 Å². The number of aromatic carboxylic acids is 1. The van der Waals surface area contributed by atoms with Gasteiger partial charge >= 0.3 is 5.97 Å². The third kappa shape index (κ3) is 3.06. The quantitative estimate of drug-likeness (QED) is 0.843. The molecule has 4 nitrogen and oxygen atoms in total. The van der Waals surface area contributed by atoms with E-state index in [1.54, 1.807) is 19.1 Å². The van der Waals surface area contributed by atoms with Crippen LogP contribution >= 0.6 is 0 Å². The molecule has 0 unspecified atom stereocenters. The molecule has 0 spiro atoms. The first-order valence-corrected chi connectivity index (χ1v) is 6.30. The molecule has 0 heterocycles. The maximum absolute atomic E-state index is 11.4. The van der Waals surface area contributed by atoms with E-state index in [-0.39, 0.29) is 17.1 Å². The summed E-state index contributed by atoms with van der Waals surface area (Å²) in [5.74, 6) is -1.30. The lowest BCUT2D eigenvalue weighted by molar-refractivity contribution is 0.0696. The van der Waals surface area contributed by atoms with E-state index < -0.39 is 15.8 Å². The molecule has 0 aliphatic rings. The van der Waals surface area contributed by atoms with Gasteiger partial charge in [0.25, 0.3) is 0 Å². The van der Waals surface area contributed by atoms with E-state index in [0.29, 0.717) is 5.56 Å². The Morgan fingerprint density at radius 1 is 1.33 bits per heavy atom. The van der Waals surface area contributed by atoms with Crippen LogP contribution in [0.1, 0.15) is 22.8 Å². The van der Waals surface area contributed by atoms with E-state index >= 15 is 0 Å². The summed E-state index contributed by atoms with van der Waals surface area (Å²) in [6, 6.07) is 6.14. The molecule has 0 aromatic heterocycles. The van der Waals surface area contributed by atoms with Crippen molar-refractivity contribution in [2.24, 2.45) is 0 Å². The van der Waals surface area contributed by atoms with Gasteiger partial charge in [-0.3, -0.25) is 0 Å². The Kier molecular flexibility index (Phi) is 3.47. The van der Waals surface area contributed by atoms with Crippen LogP contribution in [0.15, 0.2) is 24.3 Å². The monoisotopic (exact) mass is 228 g/mol. The fourth-order valence-corrected chi connectivity index (χ4v) is 2.12. The van der Waals surface area contributed by atoms with Crippen LogP contribution in [0.2, 0.25) is 0 Å². The molecule has 0 amide bonds. The van der Waals surface area contributed by atoms with Crippen molar-refractivity contribution < 1.29 is 18.3 Å². The molecule has 0 aliphatic heterocycles. The van der Waals surface area contributed by atoms with Gasteiger partial charge in [0.2, 0.25) is 0 Å². The molecule has 0 fully saturated rings. The largest absolute Gasteiger partial charge is 0.478 e.